The number of allylic oxidation sites excluding steroid dienone is 1. The van der Waals surface area contributed by atoms with Gasteiger partial charge in [-0.1, -0.05) is 11.7 Å². The molecule has 1 amide bonds. The van der Waals surface area contributed by atoms with Crippen LogP contribution < -0.4 is 11.5 Å². The van der Waals surface area contributed by atoms with Gasteiger partial charge in [-0.2, -0.15) is 0 Å². The fourth-order valence-electron chi connectivity index (χ4n) is 4.74. The number of carbonyl (C=O) groups is 1. The molecule has 0 aliphatic carbocycles. The first kappa shape index (κ1) is 25.3. The van der Waals surface area contributed by atoms with E-state index < -0.39 is 0 Å². The van der Waals surface area contributed by atoms with Crippen LogP contribution in [0.15, 0.2) is 59.7 Å². The zero-order valence-electron chi connectivity index (χ0n) is 19.9. The van der Waals surface area contributed by atoms with Gasteiger partial charge in [0.25, 0.3) is 0 Å². The summed E-state index contributed by atoms with van der Waals surface area (Å²) in [4.78, 5) is 26.8. The molecule has 0 spiro atoms. The number of nitrogens with zero attached hydrogens (tertiary/aromatic N) is 4. The lowest BCUT2D eigenvalue weighted by Gasteiger charge is -2.37. The van der Waals surface area contributed by atoms with Gasteiger partial charge in [0.1, 0.15) is 24.3 Å². The highest BCUT2D eigenvalue weighted by molar-refractivity contribution is 6.02. The fourth-order valence-corrected chi connectivity index (χ4v) is 4.74. The minimum Gasteiger partial charge on any atom is -0.506 e. The van der Waals surface area contributed by atoms with E-state index in [-0.39, 0.29) is 23.5 Å². The van der Waals surface area contributed by atoms with Gasteiger partial charge in [-0.25, -0.2) is 0 Å². The molecule has 1 aromatic heterocycles. The predicted octanol–water partition coefficient (Wildman–Crippen LogP) is 1.96. The van der Waals surface area contributed by atoms with Crippen LogP contribution in [0.5, 0.6) is 5.75 Å². The lowest BCUT2D eigenvalue weighted by molar-refractivity contribution is -0.138. The van der Waals surface area contributed by atoms with E-state index in [9.17, 15) is 9.90 Å². The van der Waals surface area contributed by atoms with Crippen LogP contribution in [0.3, 0.4) is 0 Å². The number of aromatic hydroxyl groups is 1. The van der Waals surface area contributed by atoms with E-state index in [2.05, 4.69) is 21.6 Å². The van der Waals surface area contributed by atoms with Gasteiger partial charge in [0.2, 0.25) is 5.91 Å². The van der Waals surface area contributed by atoms with E-state index in [1.54, 1.807) is 18.3 Å². The van der Waals surface area contributed by atoms with Crippen LogP contribution >= 0.6 is 0 Å². The van der Waals surface area contributed by atoms with Crippen molar-refractivity contribution in [2.75, 3.05) is 39.8 Å². The molecule has 3 rings (SSSR count). The third-order valence-electron chi connectivity index (χ3n) is 6.44. The van der Waals surface area contributed by atoms with Crippen molar-refractivity contribution in [3.8, 4) is 5.75 Å². The second kappa shape index (κ2) is 12.2. The second-order valence-electron chi connectivity index (χ2n) is 8.83. The summed E-state index contributed by atoms with van der Waals surface area (Å²) in [5.74, 6) is 0.433. The highest BCUT2D eigenvalue weighted by atomic mass is 16.6. The van der Waals surface area contributed by atoms with E-state index in [1.807, 2.05) is 17.1 Å². The summed E-state index contributed by atoms with van der Waals surface area (Å²) in [6.45, 7) is 7.49. The minimum atomic E-state index is 0.0432. The van der Waals surface area contributed by atoms with Crippen LogP contribution in [0.1, 0.15) is 31.4 Å². The summed E-state index contributed by atoms with van der Waals surface area (Å²) in [6, 6.07) is 3.27. The molecule has 0 radical (unpaired) electrons. The molecule has 2 aliphatic heterocycles. The number of nitrogens with two attached hydrogens (primary N) is 2. The van der Waals surface area contributed by atoms with Gasteiger partial charge in [-0.3, -0.25) is 14.7 Å². The smallest absolute Gasteiger partial charge is 0.225 e. The molecule has 0 bridgehead atoms. The van der Waals surface area contributed by atoms with E-state index in [4.69, 9.17) is 16.3 Å². The molecular formula is C25H36N6O3. The maximum absolute atomic E-state index is 13.2. The summed E-state index contributed by atoms with van der Waals surface area (Å²) >= 11 is 0. The zero-order chi connectivity index (χ0) is 24.5. The van der Waals surface area contributed by atoms with E-state index in [1.165, 1.54) is 13.3 Å². The number of hydrogen-bond donors (Lipinski definition) is 3. The monoisotopic (exact) mass is 468 g/mol. The standard InChI is InChI=1S/C25H36N6O3/c1-18(27)16-19(5-10-26)17-30-12-6-21(7-13-30)25(33)31-14-8-20(9-15-31)23(29-34-2)24-22(32)4-3-11-28-24/h3-5,10-11,16,20-21,32H,1,6-9,12-15,17,26-27H2,2H3/b10-5-,19-16+,29-23-. The van der Waals surface area contributed by atoms with Gasteiger partial charge in [-0.15, -0.1) is 0 Å². The van der Waals surface area contributed by atoms with Crippen molar-refractivity contribution in [1.29, 1.82) is 0 Å². The van der Waals surface area contributed by atoms with Crippen LogP contribution in [0.25, 0.3) is 0 Å². The van der Waals surface area contributed by atoms with Crippen molar-refractivity contribution in [1.82, 2.24) is 14.8 Å². The Morgan fingerprint density at radius 2 is 1.94 bits per heavy atom. The first-order valence-electron chi connectivity index (χ1n) is 11.7. The summed E-state index contributed by atoms with van der Waals surface area (Å²) in [5, 5.41) is 14.4. The molecule has 2 aliphatic rings. The number of amides is 1. The largest absolute Gasteiger partial charge is 0.506 e. The number of oxime groups is 1. The van der Waals surface area contributed by atoms with Crippen LogP contribution in [-0.4, -0.2) is 71.3 Å². The molecule has 0 unspecified atom stereocenters. The second-order valence-corrected chi connectivity index (χ2v) is 8.83. The molecule has 9 heteroatoms. The molecule has 2 saturated heterocycles. The summed E-state index contributed by atoms with van der Waals surface area (Å²) in [6.07, 6.45) is 9.98. The van der Waals surface area contributed by atoms with Gasteiger partial charge in [0.15, 0.2) is 0 Å². The molecule has 1 aromatic rings. The lowest BCUT2D eigenvalue weighted by Crippen LogP contribution is -2.46. The van der Waals surface area contributed by atoms with Gasteiger partial charge in [0, 0.05) is 43.4 Å². The molecule has 2 fully saturated rings. The normalized spacial score (nSPS) is 19.5. The van der Waals surface area contributed by atoms with E-state index in [0.717, 1.165) is 50.9 Å². The highest BCUT2D eigenvalue weighted by Gasteiger charge is 2.33. The minimum absolute atomic E-state index is 0.0432. The van der Waals surface area contributed by atoms with Crippen molar-refractivity contribution >= 4 is 11.6 Å². The Kier molecular flexibility index (Phi) is 9.09. The maximum Gasteiger partial charge on any atom is 0.225 e. The Bertz CT molecular complexity index is 942. The SMILES string of the molecule is C=C(N)/C=C(\C=C/N)CN1CCC(C(=O)N2CCC(/C(=N/OC)c3ncccc3O)CC2)CC1. The number of carbonyl (C=O) groups excluding carboxylic acids is 1. The molecule has 0 atom stereocenters. The van der Waals surface area contributed by atoms with Crippen molar-refractivity contribution in [2.45, 2.75) is 25.7 Å². The molecule has 0 saturated carbocycles. The summed E-state index contributed by atoms with van der Waals surface area (Å²) in [7, 11) is 1.49. The van der Waals surface area contributed by atoms with Crippen LogP contribution in [-0.2, 0) is 9.63 Å². The Labute approximate surface area is 201 Å². The summed E-state index contributed by atoms with van der Waals surface area (Å²) < 4.78 is 0. The number of likely N-dealkylation sites (tertiary alicyclic amines) is 2. The lowest BCUT2D eigenvalue weighted by atomic mass is 9.88. The molecule has 184 valence electrons. The van der Waals surface area contributed by atoms with Gasteiger partial charge < -0.3 is 26.3 Å². The van der Waals surface area contributed by atoms with Gasteiger partial charge in [-0.05, 0) is 74.8 Å². The molecule has 3 heterocycles. The van der Waals surface area contributed by atoms with Crippen LogP contribution in [0, 0.1) is 11.8 Å². The van der Waals surface area contributed by atoms with Gasteiger partial charge in [0.05, 0.1) is 0 Å². The number of aromatic nitrogens is 1. The molecule has 5 N–H and O–H groups in total. The Hall–Kier alpha value is -3.33. The van der Waals surface area contributed by atoms with Gasteiger partial charge >= 0.3 is 0 Å². The molecule has 0 aromatic carbocycles. The average Bonchev–Trinajstić information content (AvgIpc) is 2.83. The number of piperidine rings is 2. The first-order valence-corrected chi connectivity index (χ1v) is 11.7. The Balaban J connectivity index is 1.53. The van der Waals surface area contributed by atoms with E-state index >= 15 is 0 Å². The maximum atomic E-state index is 13.2. The number of rotatable bonds is 8. The van der Waals surface area contributed by atoms with Crippen molar-refractivity contribution in [3.63, 3.8) is 0 Å². The van der Waals surface area contributed by atoms with Crippen LogP contribution in [0.4, 0.5) is 0 Å². The first-order chi connectivity index (χ1) is 16.4. The number of pyridine rings is 1. The van der Waals surface area contributed by atoms with Crippen molar-refractivity contribution in [3.05, 3.63) is 60.2 Å². The molecule has 34 heavy (non-hydrogen) atoms. The summed E-state index contributed by atoms with van der Waals surface area (Å²) in [5.41, 5.74) is 13.8. The van der Waals surface area contributed by atoms with E-state index in [0.29, 0.717) is 30.2 Å². The van der Waals surface area contributed by atoms with Crippen molar-refractivity contribution in [2.24, 2.45) is 28.5 Å². The fraction of sp³-hybridized carbons (Fsp3) is 0.480. The number of hydrogen-bond acceptors (Lipinski definition) is 8. The predicted molar refractivity (Wildman–Crippen MR) is 133 cm³/mol. The topological polar surface area (TPSA) is 130 Å². The van der Waals surface area contributed by atoms with Crippen LogP contribution in [0.2, 0.25) is 0 Å². The van der Waals surface area contributed by atoms with Crippen molar-refractivity contribution < 1.29 is 14.7 Å². The third-order valence-corrected chi connectivity index (χ3v) is 6.44. The average molecular weight is 469 g/mol. The highest BCUT2D eigenvalue weighted by Crippen LogP contribution is 2.28. The zero-order valence-corrected chi connectivity index (χ0v) is 19.9. The quantitative estimate of drug-likeness (QED) is 0.302. The molecular weight excluding hydrogens is 432 g/mol. The molecule has 9 nitrogen and oxygen atoms in total. The third kappa shape index (κ3) is 6.60. The Morgan fingerprint density at radius 3 is 2.53 bits per heavy atom. The Morgan fingerprint density at radius 1 is 1.26 bits per heavy atom.